The van der Waals surface area contributed by atoms with Gasteiger partial charge in [0.05, 0.1) is 21.1 Å². The monoisotopic (exact) mass is 381 g/mol. The van der Waals surface area contributed by atoms with Gasteiger partial charge in [-0.15, -0.1) is 6.58 Å². The molecule has 8 heteroatoms. The zero-order valence-corrected chi connectivity index (χ0v) is 14.9. The van der Waals surface area contributed by atoms with E-state index in [2.05, 4.69) is 11.6 Å². The molecular weight excluding hydrogens is 366 g/mol. The zero-order chi connectivity index (χ0) is 19.4. The number of phenolic OH excluding ortho intramolecular Hbond substituents is 1. The van der Waals surface area contributed by atoms with Crippen LogP contribution in [0, 0.1) is 10.1 Å². The Morgan fingerprint density at radius 1 is 1.26 bits per heavy atom. The summed E-state index contributed by atoms with van der Waals surface area (Å²) in [7, 11) is 0. The molecule has 1 aliphatic rings. The van der Waals surface area contributed by atoms with Gasteiger partial charge in [-0.05, 0) is 36.0 Å². The molecule has 1 saturated heterocycles. The fraction of sp³-hybridized carbons (Fsp3) is 0.0526. The van der Waals surface area contributed by atoms with Gasteiger partial charge in [-0.3, -0.25) is 19.8 Å². The highest BCUT2D eigenvalue weighted by atomic mass is 32.2. The van der Waals surface area contributed by atoms with Crippen LogP contribution in [0.15, 0.2) is 71.1 Å². The smallest absolute Gasteiger partial charge is 0.276 e. The van der Waals surface area contributed by atoms with E-state index in [9.17, 15) is 20.0 Å². The number of amidine groups is 1. The zero-order valence-electron chi connectivity index (χ0n) is 14.1. The van der Waals surface area contributed by atoms with Crippen molar-refractivity contribution in [3.8, 4) is 5.75 Å². The molecule has 0 atom stereocenters. The molecular formula is C19H15N3O4S. The van der Waals surface area contributed by atoms with Crippen molar-refractivity contribution >= 4 is 40.3 Å². The second-order valence-electron chi connectivity index (χ2n) is 5.55. The lowest BCUT2D eigenvalue weighted by Gasteiger charge is -2.12. The van der Waals surface area contributed by atoms with E-state index in [0.717, 1.165) is 11.8 Å². The molecule has 2 aromatic rings. The summed E-state index contributed by atoms with van der Waals surface area (Å²) in [5.41, 5.74) is 0.758. The Bertz CT molecular complexity index is 984. The number of amides is 1. The predicted molar refractivity (Wildman–Crippen MR) is 106 cm³/mol. The summed E-state index contributed by atoms with van der Waals surface area (Å²) in [6.07, 6.45) is 3.07. The average molecular weight is 381 g/mol. The van der Waals surface area contributed by atoms with E-state index in [0.29, 0.717) is 21.3 Å². The molecule has 2 aromatic carbocycles. The van der Waals surface area contributed by atoms with Crippen molar-refractivity contribution in [3.63, 3.8) is 0 Å². The number of hydrogen-bond donors (Lipinski definition) is 1. The van der Waals surface area contributed by atoms with E-state index in [1.165, 1.54) is 29.2 Å². The van der Waals surface area contributed by atoms with Gasteiger partial charge in [0.15, 0.2) is 5.17 Å². The fourth-order valence-corrected chi connectivity index (χ4v) is 3.47. The minimum absolute atomic E-state index is 0.0668. The molecule has 0 spiro atoms. The molecule has 27 heavy (non-hydrogen) atoms. The van der Waals surface area contributed by atoms with Gasteiger partial charge >= 0.3 is 0 Å². The number of hydrogen-bond acceptors (Lipinski definition) is 6. The van der Waals surface area contributed by atoms with Crippen molar-refractivity contribution in [3.05, 3.63) is 81.8 Å². The SMILES string of the molecule is C=CCN1C(=O)/C(=C/c2ccccc2[N+](=O)[O-])SC1=Nc1cccc(O)c1. The van der Waals surface area contributed by atoms with Crippen LogP contribution in [0.3, 0.4) is 0 Å². The number of carbonyl (C=O) groups excluding carboxylic acids is 1. The fourth-order valence-electron chi connectivity index (χ4n) is 2.47. The van der Waals surface area contributed by atoms with E-state index >= 15 is 0 Å². The number of nitrogens with zero attached hydrogens (tertiary/aromatic N) is 3. The number of benzene rings is 2. The number of aromatic hydroxyl groups is 1. The van der Waals surface area contributed by atoms with E-state index < -0.39 is 4.92 Å². The molecule has 1 heterocycles. The maximum absolute atomic E-state index is 12.7. The normalized spacial score (nSPS) is 16.9. The lowest BCUT2D eigenvalue weighted by Crippen LogP contribution is -2.29. The Morgan fingerprint density at radius 3 is 2.74 bits per heavy atom. The van der Waals surface area contributed by atoms with Gasteiger partial charge in [0.2, 0.25) is 0 Å². The molecule has 0 unspecified atom stereocenters. The van der Waals surface area contributed by atoms with E-state index in [1.54, 1.807) is 36.4 Å². The first-order valence-corrected chi connectivity index (χ1v) is 8.74. The largest absolute Gasteiger partial charge is 0.508 e. The van der Waals surface area contributed by atoms with Crippen LogP contribution in [0.4, 0.5) is 11.4 Å². The van der Waals surface area contributed by atoms with Crippen molar-refractivity contribution in [2.75, 3.05) is 6.54 Å². The number of nitro benzene ring substituents is 1. The lowest BCUT2D eigenvalue weighted by atomic mass is 10.1. The summed E-state index contributed by atoms with van der Waals surface area (Å²) in [4.78, 5) is 29.6. The van der Waals surface area contributed by atoms with Crippen molar-refractivity contribution in [2.24, 2.45) is 4.99 Å². The number of nitro groups is 1. The molecule has 0 aromatic heterocycles. The molecule has 3 rings (SSSR count). The van der Waals surface area contributed by atoms with E-state index in [4.69, 9.17) is 0 Å². The number of thioether (sulfide) groups is 1. The third kappa shape index (κ3) is 4.06. The van der Waals surface area contributed by atoms with Gasteiger partial charge in [-0.2, -0.15) is 0 Å². The van der Waals surface area contributed by atoms with Crippen LogP contribution in [-0.2, 0) is 4.79 Å². The summed E-state index contributed by atoms with van der Waals surface area (Å²) >= 11 is 1.12. The maximum Gasteiger partial charge on any atom is 0.276 e. The molecule has 0 bridgehead atoms. The highest BCUT2D eigenvalue weighted by Gasteiger charge is 2.33. The van der Waals surface area contributed by atoms with E-state index in [-0.39, 0.29) is 23.9 Å². The first kappa shape index (κ1) is 18.4. The molecule has 1 amide bonds. The second-order valence-corrected chi connectivity index (χ2v) is 6.55. The van der Waals surface area contributed by atoms with Gasteiger partial charge in [0.1, 0.15) is 5.75 Å². The maximum atomic E-state index is 12.7. The third-order valence-electron chi connectivity index (χ3n) is 3.67. The third-order valence-corrected chi connectivity index (χ3v) is 4.68. The van der Waals surface area contributed by atoms with Gasteiger partial charge < -0.3 is 5.11 Å². The summed E-state index contributed by atoms with van der Waals surface area (Å²) < 4.78 is 0. The van der Waals surface area contributed by atoms with Crippen LogP contribution < -0.4 is 0 Å². The molecule has 0 saturated carbocycles. The summed E-state index contributed by atoms with van der Waals surface area (Å²) in [5, 5.41) is 21.2. The second kappa shape index (κ2) is 7.88. The summed E-state index contributed by atoms with van der Waals surface area (Å²) in [6.45, 7) is 3.90. The van der Waals surface area contributed by atoms with Crippen LogP contribution in [0.1, 0.15) is 5.56 Å². The van der Waals surface area contributed by atoms with Crippen LogP contribution in [0.25, 0.3) is 6.08 Å². The van der Waals surface area contributed by atoms with Crippen molar-refractivity contribution in [1.82, 2.24) is 4.90 Å². The number of rotatable bonds is 5. The topological polar surface area (TPSA) is 96.0 Å². The Morgan fingerprint density at radius 2 is 2.04 bits per heavy atom. The number of carbonyl (C=O) groups is 1. The standard InChI is InChI=1S/C19H15N3O4S/c1-2-10-21-18(24)17(11-13-6-3-4-9-16(13)22(25)26)27-19(21)20-14-7-5-8-15(23)12-14/h2-9,11-12,23H,1,10H2/b17-11-,20-19?. The van der Waals surface area contributed by atoms with Gasteiger partial charge in [0.25, 0.3) is 11.6 Å². The first-order chi connectivity index (χ1) is 13.0. The summed E-state index contributed by atoms with van der Waals surface area (Å²) in [5.74, 6) is -0.242. The minimum atomic E-state index is -0.486. The van der Waals surface area contributed by atoms with Crippen molar-refractivity contribution in [1.29, 1.82) is 0 Å². The number of para-hydroxylation sites is 1. The highest BCUT2D eigenvalue weighted by Crippen LogP contribution is 2.35. The summed E-state index contributed by atoms with van der Waals surface area (Å²) in [6, 6.07) is 12.6. The Balaban J connectivity index is 2.01. The Kier molecular flexibility index (Phi) is 5.37. The first-order valence-electron chi connectivity index (χ1n) is 7.93. The minimum Gasteiger partial charge on any atom is -0.508 e. The van der Waals surface area contributed by atoms with Gasteiger partial charge in [-0.1, -0.05) is 24.3 Å². The molecule has 1 N–H and O–H groups in total. The van der Waals surface area contributed by atoms with Gasteiger partial charge in [0, 0.05) is 18.7 Å². The van der Waals surface area contributed by atoms with Crippen LogP contribution >= 0.6 is 11.8 Å². The van der Waals surface area contributed by atoms with Crippen LogP contribution in [0.2, 0.25) is 0 Å². The molecule has 0 aliphatic carbocycles. The van der Waals surface area contributed by atoms with E-state index in [1.807, 2.05) is 0 Å². The molecule has 136 valence electrons. The van der Waals surface area contributed by atoms with Crippen molar-refractivity contribution < 1.29 is 14.8 Å². The van der Waals surface area contributed by atoms with Gasteiger partial charge in [-0.25, -0.2) is 4.99 Å². The highest BCUT2D eigenvalue weighted by molar-refractivity contribution is 8.18. The predicted octanol–water partition coefficient (Wildman–Crippen LogP) is 4.09. The average Bonchev–Trinajstić information content (AvgIpc) is 2.91. The molecule has 1 aliphatic heterocycles. The number of aliphatic imine (C=N–C) groups is 1. The lowest BCUT2D eigenvalue weighted by molar-refractivity contribution is -0.385. The molecule has 7 nitrogen and oxygen atoms in total. The van der Waals surface area contributed by atoms with Crippen LogP contribution in [0.5, 0.6) is 5.75 Å². The Hall–Kier alpha value is -3.39. The van der Waals surface area contributed by atoms with Crippen LogP contribution in [-0.4, -0.2) is 32.5 Å². The quantitative estimate of drug-likeness (QED) is 0.364. The Labute approximate surface area is 159 Å². The molecule has 0 radical (unpaired) electrons. The molecule has 1 fully saturated rings. The number of phenols is 1. The van der Waals surface area contributed by atoms with Crippen molar-refractivity contribution in [2.45, 2.75) is 0 Å².